The van der Waals surface area contributed by atoms with Gasteiger partial charge in [-0.3, -0.25) is 0 Å². The molecule has 0 saturated heterocycles. The van der Waals surface area contributed by atoms with Crippen molar-refractivity contribution in [1.29, 1.82) is 0 Å². The molecule has 82 valence electrons. The van der Waals surface area contributed by atoms with E-state index in [0.717, 1.165) is 6.61 Å². The molecule has 0 saturated carbocycles. The molecule has 1 N–H and O–H groups in total. The molecule has 0 spiro atoms. The number of hydrogen-bond acceptors (Lipinski definition) is 2. The van der Waals surface area contributed by atoms with Gasteiger partial charge in [-0.2, -0.15) is 0 Å². The molecule has 2 nitrogen and oxygen atoms in total. The van der Waals surface area contributed by atoms with E-state index in [9.17, 15) is 0 Å². The van der Waals surface area contributed by atoms with Gasteiger partial charge in [0.2, 0.25) is 0 Å². The van der Waals surface area contributed by atoms with E-state index in [1.807, 2.05) is 0 Å². The number of methoxy groups -OCH3 is 1. The third-order valence-electron chi connectivity index (χ3n) is 2.71. The highest BCUT2D eigenvalue weighted by atomic mass is 16.5. The van der Waals surface area contributed by atoms with Gasteiger partial charge < -0.3 is 10.1 Å². The average molecular weight is 197 g/mol. The van der Waals surface area contributed by atoms with E-state index in [2.05, 4.69) is 24.4 Å². The lowest BCUT2D eigenvalue weighted by Crippen LogP contribution is -2.40. The number of ether oxygens (including phenoxy) is 1. The Kier molecular flexibility index (Phi) is 5.88. The molecule has 14 heavy (non-hydrogen) atoms. The molecule has 0 aromatic heterocycles. The zero-order valence-electron chi connectivity index (χ0n) is 9.46. The smallest absolute Gasteiger partial charge is 0.0616 e. The van der Waals surface area contributed by atoms with E-state index < -0.39 is 0 Å². The first-order valence-electron chi connectivity index (χ1n) is 5.78. The minimum Gasteiger partial charge on any atom is -0.383 e. The van der Waals surface area contributed by atoms with Gasteiger partial charge in [0, 0.05) is 19.2 Å². The molecule has 1 aliphatic carbocycles. The molecule has 1 rings (SSSR count). The Morgan fingerprint density at radius 2 is 2.43 bits per heavy atom. The number of allylic oxidation sites excluding steroid dienone is 1. The maximum absolute atomic E-state index is 5.21. The lowest BCUT2D eigenvalue weighted by atomic mass is 10.0. The summed E-state index contributed by atoms with van der Waals surface area (Å²) in [5.41, 5.74) is 0. The van der Waals surface area contributed by atoms with E-state index in [1.165, 1.54) is 32.1 Å². The lowest BCUT2D eigenvalue weighted by Gasteiger charge is -2.24. The summed E-state index contributed by atoms with van der Waals surface area (Å²) in [6, 6.07) is 1.10. The highest BCUT2D eigenvalue weighted by Crippen LogP contribution is 2.11. The standard InChI is InChI=1S/C12H23NO/c1-3-7-12(10-14-2)13-11-8-5-4-6-9-11/h5,8,11-13H,3-4,6-7,9-10H2,1-2H3. The van der Waals surface area contributed by atoms with Crippen LogP contribution >= 0.6 is 0 Å². The topological polar surface area (TPSA) is 21.3 Å². The third kappa shape index (κ3) is 4.25. The van der Waals surface area contributed by atoms with Gasteiger partial charge in [0.05, 0.1) is 6.61 Å². The Hall–Kier alpha value is -0.340. The maximum atomic E-state index is 5.21. The Morgan fingerprint density at radius 1 is 1.57 bits per heavy atom. The van der Waals surface area contributed by atoms with Gasteiger partial charge in [-0.15, -0.1) is 0 Å². The van der Waals surface area contributed by atoms with Crippen LogP contribution in [0.1, 0.15) is 39.0 Å². The highest BCUT2D eigenvalue weighted by molar-refractivity contribution is 4.98. The molecule has 0 fully saturated rings. The van der Waals surface area contributed by atoms with Crippen LogP contribution in [-0.4, -0.2) is 25.8 Å². The molecule has 2 atom stereocenters. The van der Waals surface area contributed by atoms with E-state index >= 15 is 0 Å². The summed E-state index contributed by atoms with van der Waals surface area (Å²) in [7, 11) is 1.78. The highest BCUT2D eigenvalue weighted by Gasteiger charge is 2.13. The molecule has 0 radical (unpaired) electrons. The van der Waals surface area contributed by atoms with Gasteiger partial charge >= 0.3 is 0 Å². The average Bonchev–Trinajstić information content (AvgIpc) is 2.20. The zero-order valence-corrected chi connectivity index (χ0v) is 9.46. The molecule has 0 aromatic rings. The van der Waals surface area contributed by atoms with Gasteiger partial charge in [0.15, 0.2) is 0 Å². The van der Waals surface area contributed by atoms with Crippen LogP contribution in [0.2, 0.25) is 0 Å². The molecule has 0 heterocycles. The quantitative estimate of drug-likeness (QED) is 0.661. The van der Waals surface area contributed by atoms with Gasteiger partial charge in [-0.05, 0) is 25.7 Å². The summed E-state index contributed by atoms with van der Waals surface area (Å²) in [5.74, 6) is 0. The van der Waals surface area contributed by atoms with Crippen LogP contribution in [0.3, 0.4) is 0 Å². The van der Waals surface area contributed by atoms with Crippen LogP contribution in [-0.2, 0) is 4.74 Å². The summed E-state index contributed by atoms with van der Waals surface area (Å²) < 4.78 is 5.21. The minimum atomic E-state index is 0.526. The number of hydrogen-bond donors (Lipinski definition) is 1. The molecule has 2 heteroatoms. The fourth-order valence-electron chi connectivity index (χ4n) is 2.02. The number of nitrogens with one attached hydrogen (secondary N) is 1. The molecule has 1 aliphatic rings. The van der Waals surface area contributed by atoms with Crippen LogP contribution in [0.25, 0.3) is 0 Å². The molecular formula is C12H23NO. The predicted octanol–water partition coefficient (Wildman–Crippen LogP) is 2.50. The largest absolute Gasteiger partial charge is 0.383 e. The van der Waals surface area contributed by atoms with Crippen molar-refractivity contribution >= 4 is 0 Å². The van der Waals surface area contributed by atoms with E-state index in [0.29, 0.717) is 12.1 Å². The Morgan fingerprint density at radius 3 is 3.00 bits per heavy atom. The molecule has 0 amide bonds. The Balaban J connectivity index is 2.29. The number of rotatable bonds is 6. The van der Waals surface area contributed by atoms with E-state index in [-0.39, 0.29) is 0 Å². The van der Waals surface area contributed by atoms with Crippen molar-refractivity contribution in [1.82, 2.24) is 5.32 Å². The van der Waals surface area contributed by atoms with Gasteiger partial charge in [-0.1, -0.05) is 25.5 Å². The van der Waals surface area contributed by atoms with Crippen molar-refractivity contribution in [2.45, 2.75) is 51.1 Å². The maximum Gasteiger partial charge on any atom is 0.0616 e. The first kappa shape index (κ1) is 11.7. The van der Waals surface area contributed by atoms with Crippen LogP contribution in [0.4, 0.5) is 0 Å². The summed E-state index contributed by atoms with van der Waals surface area (Å²) >= 11 is 0. The van der Waals surface area contributed by atoms with Crippen molar-refractivity contribution in [2.75, 3.05) is 13.7 Å². The Bertz CT molecular complexity index is 162. The van der Waals surface area contributed by atoms with Crippen LogP contribution in [0, 0.1) is 0 Å². The summed E-state index contributed by atoms with van der Waals surface area (Å²) in [6.45, 7) is 3.05. The molecule has 2 unspecified atom stereocenters. The Labute approximate surface area is 87.7 Å². The first-order chi connectivity index (χ1) is 6.86. The van der Waals surface area contributed by atoms with E-state index in [1.54, 1.807) is 7.11 Å². The molecular weight excluding hydrogens is 174 g/mol. The third-order valence-corrected chi connectivity index (χ3v) is 2.71. The van der Waals surface area contributed by atoms with Crippen LogP contribution < -0.4 is 5.32 Å². The van der Waals surface area contributed by atoms with Crippen molar-refractivity contribution in [2.24, 2.45) is 0 Å². The summed E-state index contributed by atoms with van der Waals surface area (Å²) in [6.07, 6.45) is 10.9. The van der Waals surface area contributed by atoms with Crippen molar-refractivity contribution in [3.05, 3.63) is 12.2 Å². The fraction of sp³-hybridized carbons (Fsp3) is 0.833. The second kappa shape index (κ2) is 7.02. The second-order valence-electron chi connectivity index (χ2n) is 4.07. The van der Waals surface area contributed by atoms with Crippen LogP contribution in [0.5, 0.6) is 0 Å². The molecule has 0 bridgehead atoms. The lowest BCUT2D eigenvalue weighted by molar-refractivity contribution is 0.157. The normalized spacial score (nSPS) is 23.7. The zero-order chi connectivity index (χ0) is 10.2. The minimum absolute atomic E-state index is 0.526. The summed E-state index contributed by atoms with van der Waals surface area (Å²) in [4.78, 5) is 0. The fourth-order valence-corrected chi connectivity index (χ4v) is 2.02. The first-order valence-corrected chi connectivity index (χ1v) is 5.78. The predicted molar refractivity (Wildman–Crippen MR) is 60.5 cm³/mol. The van der Waals surface area contributed by atoms with E-state index in [4.69, 9.17) is 4.74 Å². The molecule has 0 aliphatic heterocycles. The van der Waals surface area contributed by atoms with Gasteiger partial charge in [0.25, 0.3) is 0 Å². The second-order valence-corrected chi connectivity index (χ2v) is 4.07. The van der Waals surface area contributed by atoms with Crippen molar-refractivity contribution in [3.8, 4) is 0 Å². The monoisotopic (exact) mass is 197 g/mol. The molecule has 0 aromatic carbocycles. The van der Waals surface area contributed by atoms with Crippen LogP contribution in [0.15, 0.2) is 12.2 Å². The van der Waals surface area contributed by atoms with Gasteiger partial charge in [-0.25, -0.2) is 0 Å². The van der Waals surface area contributed by atoms with Crippen molar-refractivity contribution < 1.29 is 4.74 Å². The van der Waals surface area contributed by atoms with Crippen molar-refractivity contribution in [3.63, 3.8) is 0 Å². The summed E-state index contributed by atoms with van der Waals surface area (Å²) in [5, 5.41) is 3.65. The van der Waals surface area contributed by atoms with Gasteiger partial charge in [0.1, 0.15) is 0 Å². The SMILES string of the molecule is CCCC(COC)NC1C=CCCC1.